The molecule has 0 aromatic carbocycles. The summed E-state index contributed by atoms with van der Waals surface area (Å²) in [5.74, 6) is 0.963. The van der Waals surface area contributed by atoms with Crippen molar-refractivity contribution in [3.63, 3.8) is 0 Å². The van der Waals surface area contributed by atoms with E-state index in [0.717, 1.165) is 19.1 Å². The fraction of sp³-hybridized carbons (Fsp3) is 1.00. The van der Waals surface area contributed by atoms with Crippen LogP contribution in [0.4, 0.5) is 0 Å². The number of hydrogen-bond acceptors (Lipinski definition) is 3. The van der Waals surface area contributed by atoms with Gasteiger partial charge in [0.1, 0.15) is 0 Å². The van der Waals surface area contributed by atoms with Crippen molar-refractivity contribution in [2.24, 2.45) is 5.92 Å². The monoisotopic (exact) mass is 215 g/mol. The molecule has 1 unspecified atom stereocenters. The van der Waals surface area contributed by atoms with Crippen molar-refractivity contribution in [1.82, 2.24) is 5.32 Å². The number of nitrogens with one attached hydrogen (secondary N) is 1. The SMILES string of the molecule is CCCNC(COCCOC)CC1CC1. The van der Waals surface area contributed by atoms with Gasteiger partial charge in [-0.2, -0.15) is 0 Å². The Morgan fingerprint density at radius 2 is 2.13 bits per heavy atom. The molecule has 1 atom stereocenters. The van der Waals surface area contributed by atoms with Gasteiger partial charge in [0.05, 0.1) is 19.8 Å². The summed E-state index contributed by atoms with van der Waals surface area (Å²) in [5.41, 5.74) is 0. The van der Waals surface area contributed by atoms with Gasteiger partial charge in [-0.15, -0.1) is 0 Å². The minimum absolute atomic E-state index is 0.550. The Balaban J connectivity index is 2.04. The van der Waals surface area contributed by atoms with E-state index in [4.69, 9.17) is 9.47 Å². The van der Waals surface area contributed by atoms with Crippen LogP contribution in [0.2, 0.25) is 0 Å². The van der Waals surface area contributed by atoms with Crippen LogP contribution in [0.3, 0.4) is 0 Å². The molecular weight excluding hydrogens is 190 g/mol. The van der Waals surface area contributed by atoms with Crippen LogP contribution < -0.4 is 5.32 Å². The lowest BCUT2D eigenvalue weighted by Crippen LogP contribution is -2.35. The summed E-state index contributed by atoms with van der Waals surface area (Å²) >= 11 is 0. The first-order valence-electron chi connectivity index (χ1n) is 6.16. The molecule has 3 heteroatoms. The fourth-order valence-corrected chi connectivity index (χ4v) is 1.68. The predicted molar refractivity (Wildman–Crippen MR) is 62.1 cm³/mol. The molecule has 15 heavy (non-hydrogen) atoms. The Morgan fingerprint density at radius 3 is 2.73 bits per heavy atom. The molecule has 0 aliphatic heterocycles. The fourth-order valence-electron chi connectivity index (χ4n) is 1.68. The molecule has 0 saturated heterocycles. The zero-order chi connectivity index (χ0) is 10.9. The van der Waals surface area contributed by atoms with Crippen molar-refractivity contribution >= 4 is 0 Å². The normalized spacial score (nSPS) is 18.0. The van der Waals surface area contributed by atoms with Crippen molar-refractivity contribution < 1.29 is 9.47 Å². The molecule has 1 aliphatic carbocycles. The van der Waals surface area contributed by atoms with Gasteiger partial charge in [0, 0.05) is 13.2 Å². The van der Waals surface area contributed by atoms with Gasteiger partial charge in [-0.1, -0.05) is 19.8 Å². The van der Waals surface area contributed by atoms with E-state index < -0.39 is 0 Å². The third kappa shape index (κ3) is 6.88. The molecule has 0 amide bonds. The Labute approximate surface area is 93.5 Å². The topological polar surface area (TPSA) is 30.5 Å². The van der Waals surface area contributed by atoms with Crippen molar-refractivity contribution in [2.45, 2.75) is 38.6 Å². The van der Waals surface area contributed by atoms with Crippen LogP contribution in [-0.4, -0.2) is 39.5 Å². The molecule has 3 nitrogen and oxygen atoms in total. The van der Waals surface area contributed by atoms with Gasteiger partial charge >= 0.3 is 0 Å². The van der Waals surface area contributed by atoms with Crippen LogP contribution in [0.25, 0.3) is 0 Å². The van der Waals surface area contributed by atoms with Crippen molar-refractivity contribution in [2.75, 3.05) is 33.5 Å². The lowest BCUT2D eigenvalue weighted by molar-refractivity contribution is 0.0567. The van der Waals surface area contributed by atoms with Gasteiger partial charge in [-0.25, -0.2) is 0 Å². The quantitative estimate of drug-likeness (QED) is 0.564. The molecule has 90 valence electrons. The molecule has 0 aromatic heterocycles. The van der Waals surface area contributed by atoms with E-state index in [1.807, 2.05) is 0 Å². The average Bonchev–Trinajstić information content (AvgIpc) is 3.04. The average molecular weight is 215 g/mol. The minimum Gasteiger partial charge on any atom is -0.382 e. The zero-order valence-corrected chi connectivity index (χ0v) is 10.1. The van der Waals surface area contributed by atoms with Crippen LogP contribution in [0.1, 0.15) is 32.6 Å². The summed E-state index contributed by atoms with van der Waals surface area (Å²) in [6, 6.07) is 0.550. The van der Waals surface area contributed by atoms with Gasteiger partial charge < -0.3 is 14.8 Å². The highest BCUT2D eigenvalue weighted by molar-refractivity contribution is 4.80. The molecule has 0 bridgehead atoms. The van der Waals surface area contributed by atoms with Crippen LogP contribution >= 0.6 is 0 Å². The highest BCUT2D eigenvalue weighted by Gasteiger charge is 2.25. The Kier molecular flexibility index (Phi) is 6.98. The maximum Gasteiger partial charge on any atom is 0.0701 e. The molecule has 0 radical (unpaired) electrons. The summed E-state index contributed by atoms with van der Waals surface area (Å²) < 4.78 is 10.5. The third-order valence-electron chi connectivity index (χ3n) is 2.75. The Morgan fingerprint density at radius 1 is 1.33 bits per heavy atom. The standard InChI is InChI=1S/C12H25NO2/c1-3-6-13-12(9-11-4-5-11)10-15-8-7-14-2/h11-13H,3-10H2,1-2H3. The first-order valence-corrected chi connectivity index (χ1v) is 6.16. The number of methoxy groups -OCH3 is 1. The number of ether oxygens (including phenoxy) is 2. The van der Waals surface area contributed by atoms with Crippen LogP contribution in [0.5, 0.6) is 0 Å². The Hall–Kier alpha value is -0.120. The molecule has 0 spiro atoms. The first kappa shape index (κ1) is 12.9. The summed E-state index contributed by atoms with van der Waals surface area (Å²) in [7, 11) is 1.71. The van der Waals surface area contributed by atoms with Crippen molar-refractivity contribution in [3.05, 3.63) is 0 Å². The zero-order valence-electron chi connectivity index (χ0n) is 10.1. The van der Waals surface area contributed by atoms with E-state index in [2.05, 4.69) is 12.2 Å². The molecule has 1 fully saturated rings. The van der Waals surface area contributed by atoms with E-state index in [1.165, 1.54) is 25.7 Å². The molecule has 0 heterocycles. The first-order chi connectivity index (χ1) is 7.36. The van der Waals surface area contributed by atoms with Gasteiger partial charge in [0.15, 0.2) is 0 Å². The molecule has 1 N–H and O–H groups in total. The summed E-state index contributed by atoms with van der Waals surface area (Å²) in [6.45, 7) is 5.55. The van der Waals surface area contributed by atoms with Crippen molar-refractivity contribution in [3.8, 4) is 0 Å². The summed E-state index contributed by atoms with van der Waals surface area (Å²) in [5, 5.41) is 3.55. The lowest BCUT2D eigenvalue weighted by atomic mass is 10.1. The van der Waals surface area contributed by atoms with E-state index in [1.54, 1.807) is 7.11 Å². The largest absolute Gasteiger partial charge is 0.382 e. The van der Waals surface area contributed by atoms with Crippen LogP contribution in [-0.2, 0) is 9.47 Å². The Bertz CT molecular complexity index is 149. The van der Waals surface area contributed by atoms with E-state index in [0.29, 0.717) is 19.3 Å². The molecular formula is C12H25NO2. The van der Waals surface area contributed by atoms with E-state index in [-0.39, 0.29) is 0 Å². The second-order valence-electron chi connectivity index (χ2n) is 4.40. The number of hydrogen-bond donors (Lipinski definition) is 1. The van der Waals surface area contributed by atoms with Gasteiger partial charge in [-0.05, 0) is 25.3 Å². The van der Waals surface area contributed by atoms with Crippen molar-refractivity contribution in [1.29, 1.82) is 0 Å². The second kappa shape index (κ2) is 8.08. The smallest absolute Gasteiger partial charge is 0.0701 e. The highest BCUT2D eigenvalue weighted by atomic mass is 16.5. The highest BCUT2D eigenvalue weighted by Crippen LogP contribution is 2.33. The number of rotatable bonds is 10. The molecule has 1 aliphatic rings. The third-order valence-corrected chi connectivity index (χ3v) is 2.75. The minimum atomic E-state index is 0.550. The van der Waals surface area contributed by atoms with Gasteiger partial charge in [0.2, 0.25) is 0 Å². The van der Waals surface area contributed by atoms with E-state index >= 15 is 0 Å². The maximum atomic E-state index is 5.57. The van der Waals surface area contributed by atoms with Crippen LogP contribution in [0, 0.1) is 5.92 Å². The van der Waals surface area contributed by atoms with Crippen LogP contribution in [0.15, 0.2) is 0 Å². The summed E-state index contributed by atoms with van der Waals surface area (Å²) in [4.78, 5) is 0. The lowest BCUT2D eigenvalue weighted by Gasteiger charge is -2.18. The summed E-state index contributed by atoms with van der Waals surface area (Å²) in [6.07, 6.45) is 5.32. The maximum absolute atomic E-state index is 5.57. The van der Waals surface area contributed by atoms with Gasteiger partial charge in [0.25, 0.3) is 0 Å². The molecule has 1 rings (SSSR count). The predicted octanol–water partition coefficient (Wildman–Crippen LogP) is 1.82. The molecule has 1 saturated carbocycles. The van der Waals surface area contributed by atoms with E-state index in [9.17, 15) is 0 Å². The second-order valence-corrected chi connectivity index (χ2v) is 4.40. The van der Waals surface area contributed by atoms with Gasteiger partial charge in [-0.3, -0.25) is 0 Å². The molecule has 0 aromatic rings.